The number of aliphatic hydroxyl groups is 1. The van der Waals surface area contributed by atoms with Crippen LogP contribution in [0.2, 0.25) is 5.02 Å². The summed E-state index contributed by atoms with van der Waals surface area (Å²) < 4.78 is 6.92. The van der Waals surface area contributed by atoms with Crippen molar-refractivity contribution in [3.05, 3.63) is 46.7 Å². The molecule has 13 heteroatoms. The fraction of sp³-hybridized carbons (Fsp3) is 0.368. The summed E-state index contributed by atoms with van der Waals surface area (Å²) in [5.74, 6) is 2.30. The minimum absolute atomic E-state index is 0.0670. The van der Waals surface area contributed by atoms with Gasteiger partial charge in [-0.1, -0.05) is 28.8 Å². The van der Waals surface area contributed by atoms with Crippen molar-refractivity contribution < 1.29 is 9.84 Å². The topological polar surface area (TPSA) is 138 Å². The van der Waals surface area contributed by atoms with Crippen LogP contribution in [-0.4, -0.2) is 74.4 Å². The highest BCUT2D eigenvalue weighted by Crippen LogP contribution is 2.18. The Hall–Kier alpha value is -3.35. The molecule has 0 amide bonds. The number of hydrogen-bond donors (Lipinski definition) is 3. The Labute approximate surface area is 189 Å². The molecule has 168 valence electrons. The molecule has 3 N–H and O–H groups in total. The second-order valence-corrected chi connectivity index (χ2v) is 7.29. The van der Waals surface area contributed by atoms with Crippen molar-refractivity contribution in [2.24, 2.45) is 5.10 Å². The van der Waals surface area contributed by atoms with E-state index in [4.69, 9.17) is 21.4 Å². The number of tetrazole rings is 1. The average Bonchev–Trinajstić information content (AvgIpc) is 3.27. The molecule has 0 unspecified atom stereocenters. The van der Waals surface area contributed by atoms with E-state index in [9.17, 15) is 0 Å². The molecule has 3 heterocycles. The van der Waals surface area contributed by atoms with Gasteiger partial charge < -0.3 is 20.1 Å². The molecule has 0 atom stereocenters. The monoisotopic (exact) mass is 458 g/mol. The molecule has 2 aromatic heterocycles. The van der Waals surface area contributed by atoms with Crippen LogP contribution in [0.5, 0.6) is 0 Å². The van der Waals surface area contributed by atoms with Crippen molar-refractivity contribution >= 4 is 35.4 Å². The maximum Gasteiger partial charge on any atom is 0.243 e. The molecular weight excluding hydrogens is 436 g/mol. The summed E-state index contributed by atoms with van der Waals surface area (Å²) >= 11 is 5.92. The molecule has 0 saturated carbocycles. The molecule has 0 bridgehead atoms. The van der Waals surface area contributed by atoms with E-state index in [0.717, 1.165) is 24.5 Å². The molecular formula is C19H23ClN10O2. The lowest BCUT2D eigenvalue weighted by Crippen LogP contribution is -2.37. The molecule has 3 aromatic rings. The van der Waals surface area contributed by atoms with E-state index < -0.39 is 0 Å². The van der Waals surface area contributed by atoms with E-state index in [0.29, 0.717) is 42.4 Å². The van der Waals surface area contributed by atoms with Gasteiger partial charge in [0.1, 0.15) is 5.82 Å². The van der Waals surface area contributed by atoms with Crippen molar-refractivity contribution in [3.63, 3.8) is 0 Å². The first kappa shape index (κ1) is 21.9. The summed E-state index contributed by atoms with van der Waals surface area (Å²) in [6.07, 6.45) is 1.69. The zero-order chi connectivity index (χ0) is 22.2. The van der Waals surface area contributed by atoms with Crippen molar-refractivity contribution in [2.75, 3.05) is 48.6 Å². The molecule has 0 radical (unpaired) electrons. The average molecular weight is 459 g/mol. The number of halogens is 1. The smallest absolute Gasteiger partial charge is 0.243 e. The fourth-order valence-electron chi connectivity index (χ4n) is 3.03. The Kier molecular flexibility index (Phi) is 7.38. The third kappa shape index (κ3) is 5.87. The van der Waals surface area contributed by atoms with E-state index in [1.54, 1.807) is 18.3 Å². The summed E-state index contributed by atoms with van der Waals surface area (Å²) in [6.45, 7) is 3.28. The summed E-state index contributed by atoms with van der Waals surface area (Å²) in [5.41, 5.74) is 3.88. The lowest BCUT2D eigenvalue weighted by Gasteiger charge is -2.28. The van der Waals surface area contributed by atoms with Gasteiger partial charge in [-0.3, -0.25) is 5.43 Å². The highest BCUT2D eigenvalue weighted by molar-refractivity contribution is 6.30. The van der Waals surface area contributed by atoms with Crippen molar-refractivity contribution in [1.29, 1.82) is 0 Å². The molecule has 1 fully saturated rings. The van der Waals surface area contributed by atoms with Gasteiger partial charge in [-0.25, -0.2) is 14.6 Å². The Bertz CT molecular complexity index is 1040. The zero-order valence-electron chi connectivity index (χ0n) is 17.2. The maximum absolute atomic E-state index is 9.13. The predicted octanol–water partition coefficient (Wildman–Crippen LogP) is 1.00. The van der Waals surface area contributed by atoms with Gasteiger partial charge in [-0.05, 0) is 28.1 Å². The number of rotatable bonds is 9. The molecule has 0 spiro atoms. The highest BCUT2D eigenvalue weighted by Gasteiger charge is 2.15. The van der Waals surface area contributed by atoms with Gasteiger partial charge in [0.15, 0.2) is 11.6 Å². The predicted molar refractivity (Wildman–Crippen MR) is 120 cm³/mol. The van der Waals surface area contributed by atoms with Crippen LogP contribution < -0.4 is 15.6 Å². The lowest BCUT2D eigenvalue weighted by molar-refractivity contribution is 0.122. The molecule has 1 saturated heterocycles. The SMILES string of the molecule is OCCn1nnnc1NCc1nc(NN=Cc2ccc(Cl)cc2)cc(N2CCOCC2)n1. The number of nitrogens with one attached hydrogen (secondary N) is 2. The molecule has 0 aliphatic carbocycles. The van der Waals surface area contributed by atoms with E-state index in [-0.39, 0.29) is 13.2 Å². The van der Waals surface area contributed by atoms with Gasteiger partial charge in [0, 0.05) is 24.2 Å². The van der Waals surface area contributed by atoms with Crippen molar-refractivity contribution in [1.82, 2.24) is 30.2 Å². The zero-order valence-corrected chi connectivity index (χ0v) is 18.0. The summed E-state index contributed by atoms with van der Waals surface area (Å²) in [5, 5.41) is 28.6. The molecule has 32 heavy (non-hydrogen) atoms. The van der Waals surface area contributed by atoms with Crippen LogP contribution >= 0.6 is 11.6 Å². The minimum atomic E-state index is -0.0670. The highest BCUT2D eigenvalue weighted by atomic mass is 35.5. The minimum Gasteiger partial charge on any atom is -0.394 e. The van der Waals surface area contributed by atoms with E-state index in [1.807, 2.05) is 18.2 Å². The third-order valence-electron chi connectivity index (χ3n) is 4.61. The van der Waals surface area contributed by atoms with E-state index in [2.05, 4.69) is 46.2 Å². The standard InChI is InChI=1S/C19H23ClN10O2/c20-15-3-1-14(2-4-15)12-22-25-16-11-18(29-6-9-32-10-7-29)24-17(23-16)13-21-19-26-27-28-30(19)5-8-31/h1-4,11-12,31H,5-10,13H2,(H,21,26,28)(H,23,24,25). The number of nitrogens with zero attached hydrogens (tertiary/aromatic N) is 8. The third-order valence-corrected chi connectivity index (χ3v) is 4.86. The van der Waals surface area contributed by atoms with Crippen LogP contribution in [0.3, 0.4) is 0 Å². The van der Waals surface area contributed by atoms with Gasteiger partial charge in [-0.2, -0.15) is 5.10 Å². The first-order valence-corrected chi connectivity index (χ1v) is 10.5. The van der Waals surface area contributed by atoms with Crippen LogP contribution in [0.1, 0.15) is 11.4 Å². The molecule has 1 aromatic carbocycles. The van der Waals surface area contributed by atoms with Crippen molar-refractivity contribution in [2.45, 2.75) is 13.1 Å². The summed E-state index contributed by atoms with van der Waals surface area (Å²) in [4.78, 5) is 11.4. The summed E-state index contributed by atoms with van der Waals surface area (Å²) in [6, 6.07) is 9.21. The van der Waals surface area contributed by atoms with Gasteiger partial charge in [0.05, 0.1) is 39.1 Å². The van der Waals surface area contributed by atoms with Crippen LogP contribution in [0.15, 0.2) is 35.4 Å². The Balaban J connectivity index is 1.50. The fourth-order valence-corrected chi connectivity index (χ4v) is 3.16. The van der Waals surface area contributed by atoms with E-state index >= 15 is 0 Å². The lowest BCUT2D eigenvalue weighted by atomic mass is 10.2. The second-order valence-electron chi connectivity index (χ2n) is 6.85. The van der Waals surface area contributed by atoms with Gasteiger partial charge in [0.25, 0.3) is 0 Å². The van der Waals surface area contributed by atoms with Gasteiger partial charge >= 0.3 is 0 Å². The summed E-state index contributed by atoms with van der Waals surface area (Å²) in [7, 11) is 0. The Morgan fingerprint density at radius 1 is 1.19 bits per heavy atom. The first-order chi connectivity index (χ1) is 15.7. The van der Waals surface area contributed by atoms with Gasteiger partial charge in [0.2, 0.25) is 5.95 Å². The number of aliphatic hydroxyl groups excluding tert-OH is 1. The normalized spacial score (nSPS) is 14.1. The van der Waals surface area contributed by atoms with Gasteiger partial charge in [-0.15, -0.1) is 0 Å². The number of anilines is 3. The Morgan fingerprint density at radius 2 is 2.00 bits per heavy atom. The number of benzene rings is 1. The van der Waals surface area contributed by atoms with E-state index in [1.165, 1.54) is 4.68 Å². The number of aromatic nitrogens is 6. The molecule has 4 rings (SSSR count). The Morgan fingerprint density at radius 3 is 2.78 bits per heavy atom. The van der Waals surface area contributed by atoms with Crippen LogP contribution in [0, 0.1) is 0 Å². The molecule has 12 nitrogen and oxygen atoms in total. The van der Waals surface area contributed by atoms with Crippen LogP contribution in [0.4, 0.5) is 17.6 Å². The quantitative estimate of drug-likeness (QED) is 0.314. The first-order valence-electron chi connectivity index (χ1n) is 10.1. The van der Waals surface area contributed by atoms with Crippen LogP contribution in [0.25, 0.3) is 0 Å². The van der Waals surface area contributed by atoms with Crippen LogP contribution in [-0.2, 0) is 17.8 Å². The number of ether oxygens (including phenoxy) is 1. The largest absolute Gasteiger partial charge is 0.394 e. The molecule has 1 aliphatic heterocycles. The number of hydrazone groups is 1. The van der Waals surface area contributed by atoms with Crippen molar-refractivity contribution in [3.8, 4) is 0 Å². The number of hydrogen-bond acceptors (Lipinski definition) is 11. The molecule has 1 aliphatic rings. The maximum atomic E-state index is 9.13. The second kappa shape index (κ2) is 10.8. The number of morpholine rings is 1.